The Bertz CT molecular complexity index is 1010. The van der Waals surface area contributed by atoms with Crippen LogP contribution in [0.4, 0.5) is 0 Å². The Morgan fingerprint density at radius 2 is 0.852 bits per heavy atom. The highest BCUT2D eigenvalue weighted by Gasteiger charge is 2.24. The summed E-state index contributed by atoms with van der Waals surface area (Å²) in [4.78, 5) is 0. The van der Waals surface area contributed by atoms with E-state index in [1.165, 1.54) is 54.9 Å². The maximum absolute atomic E-state index is 2.39. The Morgan fingerprint density at radius 1 is 0.519 bits per heavy atom. The Kier molecular flexibility index (Phi) is 5.65. The van der Waals surface area contributed by atoms with Crippen molar-refractivity contribution in [1.82, 2.24) is 0 Å². The predicted octanol–water partition coefficient (Wildman–Crippen LogP) is 8.23. The van der Waals surface area contributed by atoms with Gasteiger partial charge in [-0.3, -0.25) is 0 Å². The van der Waals surface area contributed by atoms with Crippen molar-refractivity contribution >= 4 is 21.5 Å². The van der Waals surface area contributed by atoms with Crippen LogP contribution in [0.25, 0.3) is 32.7 Å². The predicted molar refractivity (Wildman–Crippen MR) is 122 cm³/mol. The molecule has 0 saturated heterocycles. The Morgan fingerprint density at radius 3 is 1.22 bits per heavy atom. The Hall–Kier alpha value is -2.60. The molecule has 27 heavy (non-hydrogen) atoms. The van der Waals surface area contributed by atoms with Gasteiger partial charge in [-0.1, -0.05) is 88.4 Å². The largest absolute Gasteiger partial charge is 0.0683 e. The van der Waals surface area contributed by atoms with Gasteiger partial charge < -0.3 is 0 Å². The topological polar surface area (TPSA) is 0 Å². The fourth-order valence-corrected chi connectivity index (χ4v) is 4.33. The SMILES string of the molecule is CC.CC.Cc1cc2c(c3ccccc13)-c1c(cc(C)c3ccccc13)C2. The van der Waals surface area contributed by atoms with Gasteiger partial charge in [-0.05, 0) is 75.2 Å². The van der Waals surface area contributed by atoms with Gasteiger partial charge in [-0.15, -0.1) is 0 Å². The molecule has 0 nitrogen and oxygen atoms in total. The molecule has 0 unspecified atom stereocenters. The highest BCUT2D eigenvalue weighted by Crippen LogP contribution is 2.46. The molecule has 0 bridgehead atoms. The maximum atomic E-state index is 2.39. The molecule has 0 atom stereocenters. The molecule has 4 aromatic carbocycles. The molecule has 0 fully saturated rings. The molecule has 0 amide bonds. The first-order chi connectivity index (χ1) is 13.2. The summed E-state index contributed by atoms with van der Waals surface area (Å²) in [5, 5.41) is 5.55. The Balaban J connectivity index is 0.000000495. The minimum Gasteiger partial charge on any atom is -0.0683 e. The van der Waals surface area contributed by atoms with Crippen molar-refractivity contribution in [2.24, 2.45) is 0 Å². The first kappa shape index (κ1) is 19.2. The smallest absolute Gasteiger partial charge is 0.00128 e. The van der Waals surface area contributed by atoms with E-state index in [0.29, 0.717) is 0 Å². The number of hydrogen-bond acceptors (Lipinski definition) is 0. The minimum absolute atomic E-state index is 1.06. The molecule has 0 radical (unpaired) electrons. The Labute approximate surface area is 163 Å². The summed E-state index contributed by atoms with van der Waals surface area (Å²) in [6.07, 6.45) is 1.06. The van der Waals surface area contributed by atoms with Crippen molar-refractivity contribution in [2.45, 2.75) is 48.0 Å². The number of aryl methyl sites for hydroxylation is 2. The second kappa shape index (κ2) is 7.96. The van der Waals surface area contributed by atoms with Crippen molar-refractivity contribution < 1.29 is 0 Å². The molecule has 138 valence electrons. The van der Waals surface area contributed by atoms with Gasteiger partial charge >= 0.3 is 0 Å². The van der Waals surface area contributed by atoms with Gasteiger partial charge in [0.1, 0.15) is 0 Å². The van der Waals surface area contributed by atoms with Crippen molar-refractivity contribution in [1.29, 1.82) is 0 Å². The summed E-state index contributed by atoms with van der Waals surface area (Å²) < 4.78 is 0. The number of benzene rings is 4. The number of fused-ring (bicyclic) bond motifs is 7. The van der Waals surface area contributed by atoms with E-state index in [9.17, 15) is 0 Å². The summed E-state index contributed by atoms with van der Waals surface area (Å²) >= 11 is 0. The summed E-state index contributed by atoms with van der Waals surface area (Å²) in [6, 6.07) is 22.5. The first-order valence-corrected chi connectivity index (χ1v) is 10.3. The van der Waals surface area contributed by atoms with E-state index in [-0.39, 0.29) is 0 Å². The van der Waals surface area contributed by atoms with Crippen LogP contribution < -0.4 is 0 Å². The second-order valence-corrected chi connectivity index (χ2v) is 6.72. The monoisotopic (exact) mass is 354 g/mol. The molecule has 0 heterocycles. The molecular formula is C27H30. The molecule has 0 heteroatoms. The van der Waals surface area contributed by atoms with E-state index in [2.05, 4.69) is 74.5 Å². The van der Waals surface area contributed by atoms with Gasteiger partial charge in [-0.2, -0.15) is 0 Å². The normalized spacial score (nSPS) is 11.2. The highest BCUT2D eigenvalue weighted by atomic mass is 14.3. The zero-order chi connectivity index (χ0) is 19.6. The average Bonchev–Trinajstić information content (AvgIpc) is 3.09. The molecule has 0 aromatic heterocycles. The van der Waals surface area contributed by atoms with Crippen LogP contribution in [-0.2, 0) is 6.42 Å². The third-order valence-corrected chi connectivity index (χ3v) is 5.30. The number of hydrogen-bond donors (Lipinski definition) is 0. The lowest BCUT2D eigenvalue weighted by Gasteiger charge is -2.13. The minimum atomic E-state index is 1.06. The lowest BCUT2D eigenvalue weighted by molar-refractivity contribution is 1.25. The van der Waals surface area contributed by atoms with Gasteiger partial charge in [0.25, 0.3) is 0 Å². The van der Waals surface area contributed by atoms with Crippen LogP contribution in [0, 0.1) is 13.8 Å². The maximum Gasteiger partial charge on any atom is -0.00128 e. The van der Waals surface area contributed by atoms with Gasteiger partial charge in [0.15, 0.2) is 0 Å². The first-order valence-electron chi connectivity index (χ1n) is 10.3. The average molecular weight is 355 g/mol. The van der Waals surface area contributed by atoms with E-state index in [4.69, 9.17) is 0 Å². The molecule has 1 aliphatic carbocycles. The lowest BCUT2D eigenvalue weighted by atomic mass is 9.91. The molecule has 4 aromatic rings. The molecule has 1 aliphatic rings. The summed E-state index contributed by atoms with van der Waals surface area (Å²) in [5.74, 6) is 0. The number of rotatable bonds is 0. The zero-order valence-corrected chi connectivity index (χ0v) is 17.5. The van der Waals surface area contributed by atoms with Crippen molar-refractivity contribution in [3.63, 3.8) is 0 Å². The van der Waals surface area contributed by atoms with Gasteiger partial charge in [0.2, 0.25) is 0 Å². The van der Waals surface area contributed by atoms with E-state index in [1.807, 2.05) is 27.7 Å². The standard InChI is InChI=1S/C23H18.2C2H6/c1-14-11-16-13-17-12-15(2)19-8-4-6-10-21(19)23(17)22(16)20-9-5-3-7-18(14)20;2*1-2/h3-12H,13H2,1-2H3;2*1-2H3. The van der Waals surface area contributed by atoms with Crippen molar-refractivity contribution in [3.8, 4) is 11.1 Å². The van der Waals surface area contributed by atoms with Crippen LogP contribution in [0.3, 0.4) is 0 Å². The fraction of sp³-hybridized carbons (Fsp3) is 0.259. The summed E-state index contributed by atoms with van der Waals surface area (Å²) in [6.45, 7) is 12.5. The van der Waals surface area contributed by atoms with E-state index < -0.39 is 0 Å². The third-order valence-electron chi connectivity index (χ3n) is 5.30. The van der Waals surface area contributed by atoms with Crippen LogP contribution in [0.15, 0.2) is 60.7 Å². The van der Waals surface area contributed by atoms with Gasteiger partial charge in [-0.25, -0.2) is 0 Å². The molecule has 5 rings (SSSR count). The van der Waals surface area contributed by atoms with E-state index >= 15 is 0 Å². The van der Waals surface area contributed by atoms with Crippen molar-refractivity contribution in [3.05, 3.63) is 82.9 Å². The van der Waals surface area contributed by atoms with Crippen LogP contribution in [-0.4, -0.2) is 0 Å². The molecule has 0 aliphatic heterocycles. The second-order valence-electron chi connectivity index (χ2n) is 6.72. The molecule has 0 N–H and O–H groups in total. The van der Waals surface area contributed by atoms with Gasteiger partial charge in [0, 0.05) is 0 Å². The van der Waals surface area contributed by atoms with Crippen molar-refractivity contribution in [2.75, 3.05) is 0 Å². The van der Waals surface area contributed by atoms with Crippen LogP contribution in [0.1, 0.15) is 49.9 Å². The van der Waals surface area contributed by atoms with Crippen LogP contribution >= 0.6 is 0 Å². The van der Waals surface area contributed by atoms with E-state index in [0.717, 1.165) is 6.42 Å². The van der Waals surface area contributed by atoms with Crippen LogP contribution in [0.5, 0.6) is 0 Å². The van der Waals surface area contributed by atoms with Gasteiger partial charge in [0.05, 0.1) is 0 Å². The molecule has 0 spiro atoms. The fourth-order valence-electron chi connectivity index (χ4n) is 4.33. The lowest BCUT2D eigenvalue weighted by Crippen LogP contribution is -1.88. The molecule has 0 saturated carbocycles. The summed E-state index contributed by atoms with van der Waals surface area (Å²) in [5.41, 5.74) is 8.63. The zero-order valence-electron chi connectivity index (χ0n) is 17.5. The quantitative estimate of drug-likeness (QED) is 0.263. The van der Waals surface area contributed by atoms with Crippen LogP contribution in [0.2, 0.25) is 0 Å². The third kappa shape index (κ3) is 3.04. The summed E-state index contributed by atoms with van der Waals surface area (Å²) in [7, 11) is 0. The molecular weight excluding hydrogens is 324 g/mol. The highest BCUT2D eigenvalue weighted by molar-refractivity contribution is 6.11. The van der Waals surface area contributed by atoms with E-state index in [1.54, 1.807) is 0 Å².